The van der Waals surface area contributed by atoms with E-state index >= 15 is 0 Å². The second-order valence-corrected chi connectivity index (χ2v) is 4.69. The number of carbonyl (C=O) groups is 2. The number of imidazole rings is 1. The molecule has 1 aliphatic rings. The normalized spacial score (nSPS) is 16.8. The van der Waals surface area contributed by atoms with E-state index in [9.17, 15) is 9.59 Å². The molecule has 2 amide bonds. The summed E-state index contributed by atoms with van der Waals surface area (Å²) in [5.41, 5.74) is 5.26. The van der Waals surface area contributed by atoms with Gasteiger partial charge in [-0.2, -0.15) is 0 Å². The van der Waals surface area contributed by atoms with Crippen molar-refractivity contribution in [3.63, 3.8) is 0 Å². The van der Waals surface area contributed by atoms with Crippen LogP contribution in [0.25, 0.3) is 0 Å². The Morgan fingerprint density at radius 1 is 1.44 bits per heavy atom. The molecule has 98 valence electrons. The molecule has 0 aliphatic carbocycles. The van der Waals surface area contributed by atoms with Crippen LogP contribution in [0.15, 0.2) is 12.4 Å². The lowest BCUT2D eigenvalue weighted by molar-refractivity contribution is -0.134. The minimum atomic E-state index is -0.258. The molecule has 0 spiro atoms. The molecule has 1 aromatic rings. The van der Waals surface area contributed by atoms with Crippen LogP contribution in [0.2, 0.25) is 0 Å². The second kappa shape index (κ2) is 5.20. The number of aryl methyl sites for hydroxylation is 1. The van der Waals surface area contributed by atoms with Crippen molar-refractivity contribution in [1.29, 1.82) is 0 Å². The van der Waals surface area contributed by atoms with Gasteiger partial charge in [-0.05, 0) is 12.8 Å². The highest BCUT2D eigenvalue weighted by atomic mass is 16.2. The fraction of sp³-hybridized carbons (Fsp3) is 0.583. The van der Waals surface area contributed by atoms with Gasteiger partial charge in [0, 0.05) is 38.4 Å². The van der Waals surface area contributed by atoms with Crippen LogP contribution in [0.3, 0.4) is 0 Å². The molecule has 1 aromatic heterocycles. The van der Waals surface area contributed by atoms with Crippen molar-refractivity contribution in [3.05, 3.63) is 18.2 Å². The van der Waals surface area contributed by atoms with E-state index in [1.807, 2.05) is 17.8 Å². The monoisotopic (exact) mass is 250 g/mol. The summed E-state index contributed by atoms with van der Waals surface area (Å²) in [5, 5.41) is 0. The van der Waals surface area contributed by atoms with E-state index in [4.69, 9.17) is 5.73 Å². The summed E-state index contributed by atoms with van der Waals surface area (Å²) in [5.74, 6) is 0.484. The largest absolute Gasteiger partial charge is 0.369 e. The fourth-order valence-corrected chi connectivity index (χ4v) is 2.23. The van der Waals surface area contributed by atoms with Gasteiger partial charge in [-0.15, -0.1) is 0 Å². The quantitative estimate of drug-likeness (QED) is 0.798. The van der Waals surface area contributed by atoms with Crippen molar-refractivity contribution in [2.75, 3.05) is 13.1 Å². The van der Waals surface area contributed by atoms with E-state index in [1.165, 1.54) is 0 Å². The third-order valence-electron chi connectivity index (χ3n) is 3.48. The summed E-state index contributed by atoms with van der Waals surface area (Å²) in [7, 11) is 1.87. The molecule has 6 nitrogen and oxygen atoms in total. The van der Waals surface area contributed by atoms with Crippen LogP contribution in [0.4, 0.5) is 0 Å². The number of nitrogens with two attached hydrogens (primary N) is 1. The first-order valence-corrected chi connectivity index (χ1v) is 6.11. The van der Waals surface area contributed by atoms with Crippen molar-refractivity contribution in [3.8, 4) is 0 Å². The molecular formula is C12H18N4O2. The highest BCUT2D eigenvalue weighted by Gasteiger charge is 2.26. The molecule has 1 aliphatic heterocycles. The number of likely N-dealkylation sites (tertiary alicyclic amines) is 1. The van der Waals surface area contributed by atoms with Gasteiger partial charge in [-0.1, -0.05) is 0 Å². The molecule has 0 radical (unpaired) electrons. The first-order chi connectivity index (χ1) is 8.58. The number of primary amides is 1. The Hall–Kier alpha value is -1.85. The highest BCUT2D eigenvalue weighted by molar-refractivity contribution is 5.79. The van der Waals surface area contributed by atoms with Crippen molar-refractivity contribution in [1.82, 2.24) is 14.5 Å². The zero-order valence-electron chi connectivity index (χ0n) is 10.5. The smallest absolute Gasteiger partial charge is 0.230 e. The van der Waals surface area contributed by atoms with Gasteiger partial charge in [0.25, 0.3) is 0 Å². The molecule has 0 atom stereocenters. The molecule has 1 fully saturated rings. The Morgan fingerprint density at radius 3 is 2.61 bits per heavy atom. The van der Waals surface area contributed by atoms with Crippen LogP contribution in [0.1, 0.15) is 18.7 Å². The molecule has 0 saturated carbocycles. The van der Waals surface area contributed by atoms with E-state index in [-0.39, 0.29) is 17.7 Å². The van der Waals surface area contributed by atoms with Crippen molar-refractivity contribution < 1.29 is 9.59 Å². The van der Waals surface area contributed by atoms with Gasteiger partial charge in [-0.3, -0.25) is 9.59 Å². The first kappa shape index (κ1) is 12.6. The number of amides is 2. The maximum Gasteiger partial charge on any atom is 0.230 e. The number of aromatic nitrogens is 2. The molecule has 6 heteroatoms. The summed E-state index contributed by atoms with van der Waals surface area (Å²) >= 11 is 0. The maximum atomic E-state index is 12.1. The van der Waals surface area contributed by atoms with Gasteiger partial charge < -0.3 is 15.2 Å². The second-order valence-electron chi connectivity index (χ2n) is 4.69. The number of rotatable bonds is 3. The Bertz CT molecular complexity index is 447. The molecular weight excluding hydrogens is 232 g/mol. The lowest BCUT2D eigenvalue weighted by Crippen LogP contribution is -2.42. The van der Waals surface area contributed by atoms with Crippen LogP contribution in [0, 0.1) is 5.92 Å². The fourth-order valence-electron chi connectivity index (χ4n) is 2.23. The predicted octanol–water partition coefficient (Wildman–Crippen LogP) is -0.313. The number of hydrogen-bond donors (Lipinski definition) is 1. The van der Waals surface area contributed by atoms with Gasteiger partial charge in [0.1, 0.15) is 5.82 Å². The third kappa shape index (κ3) is 2.69. The molecule has 0 bridgehead atoms. The average Bonchev–Trinajstić information content (AvgIpc) is 2.75. The van der Waals surface area contributed by atoms with Gasteiger partial charge >= 0.3 is 0 Å². The van der Waals surface area contributed by atoms with Crippen molar-refractivity contribution in [2.45, 2.75) is 19.3 Å². The van der Waals surface area contributed by atoms with Crippen molar-refractivity contribution >= 4 is 11.8 Å². The summed E-state index contributed by atoms with van der Waals surface area (Å²) in [6.07, 6.45) is 5.15. The Morgan fingerprint density at radius 2 is 2.11 bits per heavy atom. The SMILES string of the molecule is Cn1ccnc1CC(=O)N1CCC(C(N)=O)CC1. The standard InChI is InChI=1S/C12H18N4O2/c1-15-7-4-14-10(15)8-11(17)16-5-2-9(3-6-16)12(13)18/h4,7,9H,2-3,5-6,8H2,1H3,(H2,13,18). The maximum absolute atomic E-state index is 12.1. The van der Waals surface area contributed by atoms with E-state index < -0.39 is 0 Å². The molecule has 1 saturated heterocycles. The van der Waals surface area contributed by atoms with Gasteiger partial charge in [0.15, 0.2) is 0 Å². The number of carbonyl (C=O) groups excluding carboxylic acids is 2. The van der Waals surface area contributed by atoms with E-state index in [0.717, 1.165) is 5.82 Å². The van der Waals surface area contributed by atoms with Crippen LogP contribution in [-0.4, -0.2) is 39.4 Å². The zero-order chi connectivity index (χ0) is 13.1. The number of nitrogens with zero attached hydrogens (tertiary/aromatic N) is 3. The van der Waals surface area contributed by atoms with Crippen molar-refractivity contribution in [2.24, 2.45) is 18.7 Å². The third-order valence-corrected chi connectivity index (χ3v) is 3.48. The summed E-state index contributed by atoms with van der Waals surface area (Å²) in [6.45, 7) is 1.22. The molecule has 2 N–H and O–H groups in total. The highest BCUT2D eigenvalue weighted by Crippen LogP contribution is 2.17. The molecule has 0 unspecified atom stereocenters. The minimum absolute atomic E-state index is 0.0622. The summed E-state index contributed by atoms with van der Waals surface area (Å²) in [4.78, 5) is 29.0. The molecule has 18 heavy (non-hydrogen) atoms. The van der Waals surface area contributed by atoms with Crippen LogP contribution in [0.5, 0.6) is 0 Å². The minimum Gasteiger partial charge on any atom is -0.369 e. The molecule has 2 rings (SSSR count). The van der Waals surface area contributed by atoms with Crippen LogP contribution < -0.4 is 5.73 Å². The predicted molar refractivity (Wildman–Crippen MR) is 65.4 cm³/mol. The van der Waals surface area contributed by atoms with Gasteiger partial charge in [-0.25, -0.2) is 4.98 Å². The molecule has 0 aromatic carbocycles. The average molecular weight is 250 g/mol. The Kier molecular flexibility index (Phi) is 3.64. The molecule has 2 heterocycles. The van der Waals surface area contributed by atoms with E-state index in [1.54, 1.807) is 11.1 Å². The summed E-state index contributed by atoms with van der Waals surface area (Å²) in [6, 6.07) is 0. The lowest BCUT2D eigenvalue weighted by Gasteiger charge is -2.30. The lowest BCUT2D eigenvalue weighted by atomic mass is 9.96. The topological polar surface area (TPSA) is 81.2 Å². The van der Waals surface area contributed by atoms with E-state index in [0.29, 0.717) is 32.4 Å². The number of piperidine rings is 1. The van der Waals surface area contributed by atoms with Gasteiger partial charge in [0.2, 0.25) is 11.8 Å². The Balaban J connectivity index is 1.88. The first-order valence-electron chi connectivity index (χ1n) is 6.11. The zero-order valence-corrected chi connectivity index (χ0v) is 10.5. The van der Waals surface area contributed by atoms with E-state index in [2.05, 4.69) is 4.98 Å². The number of hydrogen-bond acceptors (Lipinski definition) is 3. The van der Waals surface area contributed by atoms with Gasteiger partial charge in [0.05, 0.1) is 6.42 Å². The Labute approximate surface area is 106 Å². The van der Waals surface area contributed by atoms with Crippen LogP contribution >= 0.6 is 0 Å². The summed E-state index contributed by atoms with van der Waals surface area (Å²) < 4.78 is 1.84. The van der Waals surface area contributed by atoms with Crippen LogP contribution in [-0.2, 0) is 23.1 Å².